The third kappa shape index (κ3) is 5.72. The number of methoxy groups -OCH3 is 1. The summed E-state index contributed by atoms with van der Waals surface area (Å²) in [5.74, 6) is 1.15. The molecule has 0 bridgehead atoms. The van der Waals surface area contributed by atoms with Crippen molar-refractivity contribution in [1.82, 2.24) is 5.32 Å². The fourth-order valence-electron chi connectivity index (χ4n) is 1.34. The summed E-state index contributed by atoms with van der Waals surface area (Å²) in [6.45, 7) is 5.16. The van der Waals surface area contributed by atoms with Crippen LogP contribution in [-0.2, 0) is 9.47 Å². The van der Waals surface area contributed by atoms with Crippen molar-refractivity contribution in [3.8, 4) is 0 Å². The second-order valence-corrected chi connectivity index (χ2v) is 4.71. The molecule has 0 saturated carbocycles. The molecule has 0 spiro atoms. The Morgan fingerprint density at radius 2 is 2.31 bits per heavy atom. The van der Waals surface area contributed by atoms with Gasteiger partial charge in [-0.3, -0.25) is 4.99 Å². The van der Waals surface area contributed by atoms with Gasteiger partial charge in [0.2, 0.25) is 0 Å². The molecule has 0 aromatic rings. The van der Waals surface area contributed by atoms with Gasteiger partial charge in [-0.05, 0) is 12.8 Å². The van der Waals surface area contributed by atoms with Gasteiger partial charge in [0.1, 0.15) is 0 Å². The molecule has 1 aliphatic heterocycles. The minimum absolute atomic E-state index is 0.613. The van der Waals surface area contributed by atoms with Crippen molar-refractivity contribution in [3.05, 3.63) is 0 Å². The summed E-state index contributed by atoms with van der Waals surface area (Å²) in [6.07, 6.45) is 2.15. The molecule has 1 aliphatic rings. The maximum Gasteiger partial charge on any atom is 0.156 e. The van der Waals surface area contributed by atoms with Crippen molar-refractivity contribution in [2.75, 3.05) is 39.2 Å². The molecule has 1 unspecified atom stereocenters. The normalized spacial score (nSPS) is 22.6. The van der Waals surface area contributed by atoms with Crippen LogP contribution in [0.25, 0.3) is 0 Å². The lowest BCUT2D eigenvalue weighted by Crippen LogP contribution is -2.25. The average Bonchev–Trinajstić information content (AvgIpc) is 2.76. The van der Waals surface area contributed by atoms with Gasteiger partial charge in [-0.25, -0.2) is 0 Å². The maximum absolute atomic E-state index is 5.36. The van der Waals surface area contributed by atoms with E-state index < -0.39 is 0 Å². The molecule has 0 aliphatic carbocycles. The van der Waals surface area contributed by atoms with E-state index in [4.69, 9.17) is 9.47 Å². The first kappa shape index (κ1) is 13.8. The van der Waals surface area contributed by atoms with Crippen LogP contribution in [0, 0.1) is 0 Å². The molecule has 1 saturated heterocycles. The van der Waals surface area contributed by atoms with E-state index in [1.54, 1.807) is 7.11 Å². The van der Waals surface area contributed by atoms with Crippen molar-refractivity contribution in [1.29, 1.82) is 0 Å². The molecule has 1 rings (SSSR count). The highest BCUT2D eigenvalue weighted by molar-refractivity contribution is 8.14. The van der Waals surface area contributed by atoms with Gasteiger partial charge in [-0.15, -0.1) is 0 Å². The van der Waals surface area contributed by atoms with E-state index in [-0.39, 0.29) is 0 Å². The van der Waals surface area contributed by atoms with Gasteiger partial charge in [0.05, 0.1) is 13.2 Å². The fraction of sp³-hybridized carbons (Fsp3) is 0.909. The topological polar surface area (TPSA) is 42.9 Å². The summed E-state index contributed by atoms with van der Waals surface area (Å²) < 4.78 is 10.2. The highest BCUT2D eigenvalue weighted by Gasteiger charge is 2.17. The first-order chi connectivity index (χ1) is 7.86. The van der Waals surface area contributed by atoms with Crippen LogP contribution in [0.4, 0.5) is 0 Å². The second-order valence-electron chi connectivity index (χ2n) is 3.71. The standard InChI is InChI=1S/C11H22N2O2S/c1-3-10-9-16-11(13-10)12-5-4-6-15-8-7-14-2/h10H,3-9H2,1-2H3,(H,12,13). The fourth-order valence-corrected chi connectivity index (χ4v) is 2.45. The van der Waals surface area contributed by atoms with Gasteiger partial charge in [-0.1, -0.05) is 18.7 Å². The molecule has 5 heteroatoms. The minimum Gasteiger partial charge on any atom is -0.382 e. The number of nitrogens with one attached hydrogen (secondary N) is 1. The zero-order valence-corrected chi connectivity index (χ0v) is 11.0. The van der Waals surface area contributed by atoms with Gasteiger partial charge in [0, 0.05) is 32.1 Å². The number of aliphatic imine (C=N–C) groups is 1. The average molecular weight is 246 g/mol. The molecule has 16 heavy (non-hydrogen) atoms. The van der Waals surface area contributed by atoms with Crippen LogP contribution in [0.1, 0.15) is 19.8 Å². The number of amidine groups is 1. The van der Waals surface area contributed by atoms with Gasteiger partial charge in [-0.2, -0.15) is 0 Å². The third-order valence-corrected chi connectivity index (χ3v) is 3.47. The van der Waals surface area contributed by atoms with Crippen LogP contribution < -0.4 is 5.32 Å². The molecule has 4 nitrogen and oxygen atoms in total. The first-order valence-corrected chi connectivity index (χ1v) is 6.85. The Morgan fingerprint density at radius 1 is 1.44 bits per heavy atom. The van der Waals surface area contributed by atoms with E-state index >= 15 is 0 Å². The second kappa shape index (κ2) is 8.84. The van der Waals surface area contributed by atoms with Gasteiger partial charge < -0.3 is 14.8 Å². The Hall–Kier alpha value is -0.260. The Balaban J connectivity index is 1.96. The number of ether oxygens (including phenoxy) is 2. The van der Waals surface area contributed by atoms with Gasteiger partial charge >= 0.3 is 0 Å². The summed E-state index contributed by atoms with van der Waals surface area (Å²) in [6, 6.07) is 0.613. The summed E-state index contributed by atoms with van der Waals surface area (Å²) in [7, 11) is 1.68. The van der Waals surface area contributed by atoms with Crippen LogP contribution in [0.5, 0.6) is 0 Å². The molecule has 1 N–H and O–H groups in total. The van der Waals surface area contributed by atoms with Crippen molar-refractivity contribution >= 4 is 16.9 Å². The van der Waals surface area contributed by atoms with E-state index in [0.717, 1.165) is 30.5 Å². The lowest BCUT2D eigenvalue weighted by molar-refractivity contribution is 0.0702. The van der Waals surface area contributed by atoms with Crippen molar-refractivity contribution in [2.24, 2.45) is 4.99 Å². The largest absolute Gasteiger partial charge is 0.382 e. The van der Waals surface area contributed by atoms with Crippen molar-refractivity contribution in [3.63, 3.8) is 0 Å². The lowest BCUT2D eigenvalue weighted by Gasteiger charge is -2.05. The van der Waals surface area contributed by atoms with Gasteiger partial charge in [0.25, 0.3) is 0 Å². The monoisotopic (exact) mass is 246 g/mol. The Kier molecular flexibility index (Phi) is 7.63. The molecule has 0 aromatic heterocycles. The number of hydrogen-bond acceptors (Lipinski definition) is 4. The molecule has 0 aromatic carbocycles. The molecule has 94 valence electrons. The smallest absolute Gasteiger partial charge is 0.156 e. The van der Waals surface area contributed by atoms with Crippen LogP contribution in [-0.4, -0.2) is 50.4 Å². The first-order valence-electron chi connectivity index (χ1n) is 5.87. The summed E-state index contributed by atoms with van der Waals surface area (Å²) in [5, 5.41) is 4.50. The third-order valence-electron chi connectivity index (χ3n) is 2.38. The Labute approximate surface area is 102 Å². The van der Waals surface area contributed by atoms with Crippen LogP contribution >= 0.6 is 11.8 Å². The van der Waals surface area contributed by atoms with Crippen LogP contribution in [0.15, 0.2) is 4.99 Å². The zero-order chi connectivity index (χ0) is 11.6. The Morgan fingerprint density at radius 3 is 3.00 bits per heavy atom. The van der Waals surface area contributed by atoms with Crippen LogP contribution in [0.2, 0.25) is 0 Å². The lowest BCUT2D eigenvalue weighted by atomic mass is 10.3. The molecule has 1 fully saturated rings. The molecular formula is C11H22N2O2S. The number of rotatable bonds is 8. The molecular weight excluding hydrogens is 224 g/mol. The predicted octanol–water partition coefficient (Wildman–Crippen LogP) is 1.51. The minimum atomic E-state index is 0.613. The summed E-state index contributed by atoms with van der Waals surface area (Å²) in [4.78, 5) is 4.50. The number of hydrogen-bond donors (Lipinski definition) is 1. The molecule has 1 heterocycles. The number of nitrogens with zero attached hydrogens (tertiary/aromatic N) is 1. The van der Waals surface area contributed by atoms with Crippen molar-refractivity contribution < 1.29 is 9.47 Å². The SMILES string of the molecule is CCC1CSC(=NCCCOCCOC)N1. The quantitative estimate of drug-likeness (QED) is 0.659. The van der Waals surface area contributed by atoms with Crippen molar-refractivity contribution in [2.45, 2.75) is 25.8 Å². The highest BCUT2D eigenvalue weighted by Crippen LogP contribution is 2.15. The maximum atomic E-state index is 5.36. The zero-order valence-electron chi connectivity index (χ0n) is 10.2. The molecule has 0 amide bonds. The number of thioether (sulfide) groups is 1. The van der Waals surface area contributed by atoms with E-state index in [9.17, 15) is 0 Å². The van der Waals surface area contributed by atoms with E-state index in [1.807, 2.05) is 11.8 Å². The van der Waals surface area contributed by atoms with Crippen LogP contribution in [0.3, 0.4) is 0 Å². The van der Waals surface area contributed by atoms with Gasteiger partial charge in [0.15, 0.2) is 5.17 Å². The molecule has 1 atom stereocenters. The Bertz CT molecular complexity index is 212. The highest BCUT2D eigenvalue weighted by atomic mass is 32.2. The predicted molar refractivity (Wildman–Crippen MR) is 69.3 cm³/mol. The summed E-state index contributed by atoms with van der Waals surface area (Å²) in [5.41, 5.74) is 0. The van der Waals surface area contributed by atoms with E-state index in [0.29, 0.717) is 19.3 Å². The summed E-state index contributed by atoms with van der Waals surface area (Å²) >= 11 is 1.83. The van der Waals surface area contributed by atoms with E-state index in [2.05, 4.69) is 17.2 Å². The molecule has 0 radical (unpaired) electrons. The van der Waals surface area contributed by atoms with E-state index in [1.165, 1.54) is 6.42 Å².